The number of Topliss-reactive ketones (excluding diaryl/α,β-unsaturated/α-hetero) is 1. The molecule has 1 heterocycles. The summed E-state index contributed by atoms with van der Waals surface area (Å²) in [4.78, 5) is 23.9. The summed E-state index contributed by atoms with van der Waals surface area (Å²) in [5.74, 6) is 0.148. The molecule has 1 rings (SSSR count). The normalized spacial score (nSPS) is 9.75. The second kappa shape index (κ2) is 3.85. The third kappa shape index (κ3) is 2.70. The van der Waals surface area contributed by atoms with Crippen molar-refractivity contribution >= 4 is 5.78 Å². The Balaban J connectivity index is 2.64. The Kier molecular flexibility index (Phi) is 2.80. The van der Waals surface area contributed by atoms with E-state index in [0.29, 0.717) is 12.8 Å². The van der Waals surface area contributed by atoms with Gasteiger partial charge in [-0.1, -0.05) is 0 Å². The highest BCUT2D eigenvalue weighted by Gasteiger charge is 1.96. The van der Waals surface area contributed by atoms with E-state index < -0.39 is 0 Å². The number of aromatic amines is 1. The Bertz CT molecular complexity index is 327. The second-order valence-electron chi connectivity index (χ2n) is 2.76. The van der Waals surface area contributed by atoms with Crippen molar-refractivity contribution in [3.05, 3.63) is 34.2 Å². The molecule has 0 fully saturated rings. The van der Waals surface area contributed by atoms with Crippen LogP contribution in [0, 0.1) is 0 Å². The van der Waals surface area contributed by atoms with Crippen LogP contribution in [0.1, 0.15) is 18.9 Å². The summed E-state index contributed by atoms with van der Waals surface area (Å²) in [6.45, 7) is 1.55. The van der Waals surface area contributed by atoms with Crippen LogP contribution in [0.2, 0.25) is 0 Å². The van der Waals surface area contributed by atoms with Crippen LogP contribution >= 0.6 is 0 Å². The molecule has 0 saturated heterocycles. The number of ketones is 1. The SMILES string of the molecule is CC(=O)CCc1cc[nH]c(=O)c1. The van der Waals surface area contributed by atoms with Crippen LogP contribution in [0.25, 0.3) is 0 Å². The minimum Gasteiger partial charge on any atom is -0.329 e. The van der Waals surface area contributed by atoms with E-state index in [1.165, 1.54) is 6.07 Å². The minimum atomic E-state index is -0.115. The molecule has 0 saturated carbocycles. The summed E-state index contributed by atoms with van der Waals surface area (Å²) >= 11 is 0. The second-order valence-corrected chi connectivity index (χ2v) is 2.76. The van der Waals surface area contributed by atoms with Gasteiger partial charge in [0.05, 0.1) is 0 Å². The third-order valence-electron chi connectivity index (χ3n) is 1.61. The molecule has 0 aromatic carbocycles. The number of rotatable bonds is 3. The van der Waals surface area contributed by atoms with E-state index in [1.807, 2.05) is 6.07 Å². The number of carbonyl (C=O) groups excluding carboxylic acids is 1. The zero-order valence-electron chi connectivity index (χ0n) is 6.96. The van der Waals surface area contributed by atoms with E-state index in [4.69, 9.17) is 0 Å². The van der Waals surface area contributed by atoms with Gasteiger partial charge in [0.2, 0.25) is 5.56 Å². The Morgan fingerprint density at radius 1 is 1.58 bits per heavy atom. The summed E-state index contributed by atoms with van der Waals surface area (Å²) in [7, 11) is 0. The first-order valence-electron chi connectivity index (χ1n) is 3.85. The van der Waals surface area contributed by atoms with E-state index >= 15 is 0 Å². The molecule has 0 aliphatic rings. The van der Waals surface area contributed by atoms with Crippen LogP contribution in [0.3, 0.4) is 0 Å². The standard InChI is InChI=1S/C9H11NO2/c1-7(11)2-3-8-4-5-10-9(12)6-8/h4-6H,2-3H2,1H3,(H,10,12). The molecule has 0 aliphatic carbocycles. The summed E-state index contributed by atoms with van der Waals surface area (Å²) < 4.78 is 0. The van der Waals surface area contributed by atoms with Crippen LogP contribution in [0.15, 0.2) is 23.1 Å². The summed E-state index contributed by atoms with van der Waals surface area (Å²) in [6, 6.07) is 3.33. The zero-order valence-corrected chi connectivity index (χ0v) is 6.96. The number of aryl methyl sites for hydroxylation is 1. The molecular formula is C9H11NO2. The lowest BCUT2D eigenvalue weighted by Gasteiger charge is -1.95. The van der Waals surface area contributed by atoms with Gasteiger partial charge in [0.25, 0.3) is 0 Å². The van der Waals surface area contributed by atoms with Crippen molar-refractivity contribution in [1.29, 1.82) is 0 Å². The van der Waals surface area contributed by atoms with Gasteiger partial charge in [-0.05, 0) is 25.0 Å². The van der Waals surface area contributed by atoms with Crippen molar-refractivity contribution in [1.82, 2.24) is 4.98 Å². The van der Waals surface area contributed by atoms with E-state index in [0.717, 1.165) is 5.56 Å². The van der Waals surface area contributed by atoms with Crippen LogP contribution in [-0.4, -0.2) is 10.8 Å². The molecule has 64 valence electrons. The predicted molar refractivity (Wildman–Crippen MR) is 46.1 cm³/mol. The fourth-order valence-corrected chi connectivity index (χ4v) is 0.965. The molecule has 3 nitrogen and oxygen atoms in total. The number of carbonyl (C=O) groups is 1. The van der Waals surface area contributed by atoms with E-state index in [2.05, 4.69) is 4.98 Å². The molecule has 0 atom stereocenters. The molecule has 1 N–H and O–H groups in total. The number of nitrogens with one attached hydrogen (secondary N) is 1. The molecular weight excluding hydrogens is 154 g/mol. The fraction of sp³-hybridized carbons (Fsp3) is 0.333. The molecule has 0 amide bonds. The monoisotopic (exact) mass is 165 g/mol. The van der Waals surface area contributed by atoms with Gasteiger partial charge < -0.3 is 9.78 Å². The van der Waals surface area contributed by atoms with Crippen LogP contribution in [0.5, 0.6) is 0 Å². The maximum Gasteiger partial charge on any atom is 0.248 e. The Labute approximate surface area is 70.4 Å². The van der Waals surface area contributed by atoms with Gasteiger partial charge in [0, 0.05) is 18.7 Å². The Morgan fingerprint density at radius 2 is 2.33 bits per heavy atom. The van der Waals surface area contributed by atoms with Crippen molar-refractivity contribution in [3.8, 4) is 0 Å². The first-order chi connectivity index (χ1) is 5.68. The molecule has 0 aliphatic heterocycles. The highest BCUT2D eigenvalue weighted by Crippen LogP contribution is 1.98. The minimum absolute atomic E-state index is 0.115. The van der Waals surface area contributed by atoms with E-state index in [-0.39, 0.29) is 11.3 Å². The quantitative estimate of drug-likeness (QED) is 0.723. The number of hydrogen-bond donors (Lipinski definition) is 1. The smallest absolute Gasteiger partial charge is 0.248 e. The molecule has 0 spiro atoms. The largest absolute Gasteiger partial charge is 0.329 e. The number of pyridine rings is 1. The number of H-pyrrole nitrogens is 1. The lowest BCUT2D eigenvalue weighted by atomic mass is 10.1. The van der Waals surface area contributed by atoms with Crippen LogP contribution < -0.4 is 5.56 Å². The van der Waals surface area contributed by atoms with Crippen molar-refractivity contribution in [3.63, 3.8) is 0 Å². The average molecular weight is 165 g/mol. The van der Waals surface area contributed by atoms with Gasteiger partial charge in [0.15, 0.2) is 0 Å². The number of aromatic nitrogens is 1. The van der Waals surface area contributed by atoms with Crippen molar-refractivity contribution in [2.24, 2.45) is 0 Å². The molecule has 3 heteroatoms. The zero-order chi connectivity index (χ0) is 8.97. The van der Waals surface area contributed by atoms with Gasteiger partial charge in [-0.25, -0.2) is 0 Å². The predicted octanol–water partition coefficient (Wildman–Crippen LogP) is 0.896. The van der Waals surface area contributed by atoms with E-state index in [1.54, 1.807) is 13.1 Å². The summed E-state index contributed by atoms with van der Waals surface area (Å²) in [5, 5.41) is 0. The van der Waals surface area contributed by atoms with Crippen molar-refractivity contribution in [2.75, 3.05) is 0 Å². The van der Waals surface area contributed by atoms with Gasteiger partial charge in [-0.15, -0.1) is 0 Å². The fourth-order valence-electron chi connectivity index (χ4n) is 0.965. The molecule has 1 aromatic rings. The highest BCUT2D eigenvalue weighted by atomic mass is 16.1. The van der Waals surface area contributed by atoms with Gasteiger partial charge in [0.1, 0.15) is 5.78 Å². The Morgan fingerprint density at radius 3 is 2.92 bits per heavy atom. The summed E-state index contributed by atoms with van der Waals surface area (Å²) in [5.41, 5.74) is 0.796. The molecule has 0 unspecified atom stereocenters. The molecule has 12 heavy (non-hydrogen) atoms. The van der Waals surface area contributed by atoms with Crippen molar-refractivity contribution < 1.29 is 4.79 Å². The highest BCUT2D eigenvalue weighted by molar-refractivity contribution is 5.75. The Hall–Kier alpha value is -1.38. The van der Waals surface area contributed by atoms with Crippen LogP contribution in [-0.2, 0) is 11.2 Å². The van der Waals surface area contributed by atoms with E-state index in [9.17, 15) is 9.59 Å². The van der Waals surface area contributed by atoms with Gasteiger partial charge in [-0.3, -0.25) is 4.79 Å². The first kappa shape index (κ1) is 8.71. The lowest BCUT2D eigenvalue weighted by Crippen LogP contribution is -2.05. The summed E-state index contributed by atoms with van der Waals surface area (Å²) in [6.07, 6.45) is 2.75. The van der Waals surface area contributed by atoms with Gasteiger partial charge in [-0.2, -0.15) is 0 Å². The molecule has 1 aromatic heterocycles. The lowest BCUT2D eigenvalue weighted by molar-refractivity contribution is -0.116. The van der Waals surface area contributed by atoms with Crippen LogP contribution in [0.4, 0.5) is 0 Å². The third-order valence-corrected chi connectivity index (χ3v) is 1.61. The molecule has 0 radical (unpaired) electrons. The average Bonchev–Trinajstić information content (AvgIpc) is 2.01. The first-order valence-corrected chi connectivity index (χ1v) is 3.85. The maximum atomic E-state index is 10.8. The maximum absolute atomic E-state index is 10.8. The van der Waals surface area contributed by atoms with Gasteiger partial charge >= 0.3 is 0 Å². The van der Waals surface area contributed by atoms with Crippen molar-refractivity contribution in [2.45, 2.75) is 19.8 Å². The topological polar surface area (TPSA) is 49.9 Å². The molecule has 0 bridgehead atoms. The number of hydrogen-bond acceptors (Lipinski definition) is 2.